The Morgan fingerprint density at radius 1 is 1.06 bits per heavy atom. The lowest BCUT2D eigenvalue weighted by Gasteiger charge is -2.35. The highest BCUT2D eigenvalue weighted by Gasteiger charge is 2.35. The van der Waals surface area contributed by atoms with Crippen molar-refractivity contribution in [2.24, 2.45) is 5.10 Å². The first kappa shape index (κ1) is 22.9. The van der Waals surface area contributed by atoms with Crippen molar-refractivity contribution in [1.82, 2.24) is 14.8 Å². The Morgan fingerprint density at radius 2 is 1.82 bits per heavy atom. The maximum atomic E-state index is 13.9. The van der Waals surface area contributed by atoms with Gasteiger partial charge in [-0.3, -0.25) is 14.5 Å². The average molecular weight is 497 g/mol. The molecule has 2 aliphatic rings. The molecule has 1 fully saturated rings. The highest BCUT2D eigenvalue weighted by molar-refractivity contribution is 7.12. The van der Waals surface area contributed by atoms with Crippen LogP contribution in [0, 0.1) is 12.7 Å². The first-order valence-corrected chi connectivity index (χ1v) is 13.0. The van der Waals surface area contributed by atoms with E-state index in [1.807, 2.05) is 29.0 Å². The quantitative estimate of drug-likeness (QED) is 0.526. The third-order valence-electron chi connectivity index (χ3n) is 6.28. The summed E-state index contributed by atoms with van der Waals surface area (Å²) in [5, 5.41) is 10.4. The van der Waals surface area contributed by atoms with Crippen molar-refractivity contribution in [3.05, 3.63) is 79.9 Å². The van der Waals surface area contributed by atoms with E-state index >= 15 is 0 Å². The highest BCUT2D eigenvalue weighted by atomic mass is 32.1. The van der Waals surface area contributed by atoms with E-state index in [2.05, 4.69) is 11.0 Å². The molecule has 34 heavy (non-hydrogen) atoms. The number of piperazine rings is 1. The summed E-state index contributed by atoms with van der Waals surface area (Å²) in [5.41, 5.74) is 1.83. The maximum Gasteiger partial charge on any atom is 0.257 e. The van der Waals surface area contributed by atoms with E-state index in [9.17, 15) is 14.0 Å². The molecule has 1 atom stereocenters. The van der Waals surface area contributed by atoms with Gasteiger partial charge >= 0.3 is 0 Å². The maximum absolute atomic E-state index is 13.9. The molecule has 176 valence electrons. The number of hydrogen-bond donors (Lipinski definition) is 0. The van der Waals surface area contributed by atoms with E-state index in [4.69, 9.17) is 5.10 Å². The molecule has 3 aromatic rings. The Hall–Kier alpha value is -2.88. The first-order chi connectivity index (χ1) is 16.5. The second kappa shape index (κ2) is 9.77. The zero-order valence-corrected chi connectivity index (χ0v) is 20.4. The summed E-state index contributed by atoms with van der Waals surface area (Å²) in [6.45, 7) is 4.11. The minimum Gasteiger partial charge on any atom is -0.336 e. The van der Waals surface area contributed by atoms with Crippen LogP contribution in [-0.2, 0) is 4.79 Å². The molecule has 4 heterocycles. The van der Waals surface area contributed by atoms with E-state index in [-0.39, 0.29) is 30.2 Å². The number of rotatable bonds is 5. The summed E-state index contributed by atoms with van der Waals surface area (Å²) < 4.78 is 13.9. The predicted octanol–water partition coefficient (Wildman–Crippen LogP) is 4.39. The zero-order valence-electron chi connectivity index (χ0n) is 18.8. The molecule has 1 saturated heterocycles. The molecular formula is C25H25FN4O2S2. The molecule has 2 amide bonds. The van der Waals surface area contributed by atoms with Crippen molar-refractivity contribution in [2.75, 3.05) is 32.7 Å². The molecule has 0 radical (unpaired) electrons. The molecule has 0 saturated carbocycles. The molecular weight excluding hydrogens is 471 g/mol. The Morgan fingerprint density at radius 3 is 2.50 bits per heavy atom. The SMILES string of the molecule is Cc1ccc(C(=O)N2CCN(CC(=O)N3N=C(c4cccs4)CC3c3cccs3)CC2)cc1F. The van der Waals surface area contributed by atoms with Crippen LogP contribution in [-0.4, -0.2) is 65.1 Å². The van der Waals surface area contributed by atoms with Gasteiger partial charge in [-0.25, -0.2) is 9.40 Å². The summed E-state index contributed by atoms with van der Waals surface area (Å²) in [4.78, 5) is 32.1. The largest absolute Gasteiger partial charge is 0.336 e. The van der Waals surface area contributed by atoms with Gasteiger partial charge in [-0.15, -0.1) is 22.7 Å². The first-order valence-electron chi connectivity index (χ1n) is 11.2. The van der Waals surface area contributed by atoms with Crippen LogP contribution in [0.5, 0.6) is 0 Å². The zero-order chi connectivity index (χ0) is 23.7. The molecule has 0 aliphatic carbocycles. The summed E-state index contributed by atoms with van der Waals surface area (Å²) in [7, 11) is 0. The molecule has 0 bridgehead atoms. The van der Waals surface area contributed by atoms with Crippen molar-refractivity contribution >= 4 is 40.2 Å². The van der Waals surface area contributed by atoms with Crippen molar-refractivity contribution in [3.8, 4) is 0 Å². The average Bonchev–Trinajstić information content (AvgIpc) is 3.61. The monoisotopic (exact) mass is 496 g/mol. The molecule has 1 unspecified atom stereocenters. The lowest BCUT2D eigenvalue weighted by atomic mass is 10.1. The van der Waals surface area contributed by atoms with Crippen LogP contribution in [0.1, 0.15) is 38.1 Å². The van der Waals surface area contributed by atoms with Crippen molar-refractivity contribution in [2.45, 2.75) is 19.4 Å². The van der Waals surface area contributed by atoms with Gasteiger partial charge in [0.2, 0.25) is 0 Å². The van der Waals surface area contributed by atoms with Gasteiger partial charge in [0.15, 0.2) is 0 Å². The van der Waals surface area contributed by atoms with Gasteiger partial charge in [-0.2, -0.15) is 5.10 Å². The van der Waals surface area contributed by atoms with E-state index in [1.54, 1.807) is 51.6 Å². The number of carbonyl (C=O) groups excluding carboxylic acids is 2. The number of thiophene rings is 2. The summed E-state index contributed by atoms with van der Waals surface area (Å²) >= 11 is 3.28. The number of carbonyl (C=O) groups is 2. The second-order valence-corrected chi connectivity index (χ2v) is 10.5. The summed E-state index contributed by atoms with van der Waals surface area (Å²) in [5.74, 6) is -0.582. The fourth-order valence-corrected chi connectivity index (χ4v) is 5.85. The summed E-state index contributed by atoms with van der Waals surface area (Å²) in [6.07, 6.45) is 0.710. The Balaban J connectivity index is 1.22. The third kappa shape index (κ3) is 4.68. The number of nitrogens with zero attached hydrogens (tertiary/aromatic N) is 4. The van der Waals surface area contributed by atoms with Crippen LogP contribution in [0.3, 0.4) is 0 Å². The van der Waals surface area contributed by atoms with Crippen molar-refractivity contribution in [3.63, 3.8) is 0 Å². The van der Waals surface area contributed by atoms with Gasteiger partial charge < -0.3 is 4.90 Å². The van der Waals surface area contributed by atoms with Crippen LogP contribution < -0.4 is 0 Å². The van der Waals surface area contributed by atoms with Gasteiger partial charge in [-0.1, -0.05) is 18.2 Å². The standard InChI is InChI=1S/C25H25FN4O2S2/c1-17-6-7-18(14-19(17)26)25(32)29-10-8-28(9-11-29)16-24(31)30-21(23-5-3-13-34-23)15-20(27-30)22-4-2-12-33-22/h2-7,12-14,21H,8-11,15-16H2,1H3. The molecule has 0 N–H and O–H groups in total. The topological polar surface area (TPSA) is 56.2 Å². The Bertz CT molecular complexity index is 1200. The highest BCUT2D eigenvalue weighted by Crippen LogP contribution is 2.36. The molecule has 0 spiro atoms. The fraction of sp³-hybridized carbons (Fsp3) is 0.320. The molecule has 6 nitrogen and oxygen atoms in total. The predicted molar refractivity (Wildman–Crippen MR) is 133 cm³/mol. The van der Waals surface area contributed by atoms with E-state index in [0.29, 0.717) is 43.7 Å². The van der Waals surface area contributed by atoms with Crippen LogP contribution in [0.25, 0.3) is 0 Å². The number of hydrogen-bond acceptors (Lipinski definition) is 6. The van der Waals surface area contributed by atoms with E-state index in [0.717, 1.165) is 15.5 Å². The van der Waals surface area contributed by atoms with Gasteiger partial charge in [0.25, 0.3) is 11.8 Å². The molecule has 1 aromatic carbocycles. The molecule has 9 heteroatoms. The lowest BCUT2D eigenvalue weighted by molar-refractivity contribution is -0.134. The number of aryl methyl sites for hydroxylation is 1. The molecule has 5 rings (SSSR count). The van der Waals surface area contributed by atoms with Crippen LogP contribution in [0.4, 0.5) is 4.39 Å². The number of halogens is 1. The van der Waals surface area contributed by atoms with E-state index < -0.39 is 0 Å². The van der Waals surface area contributed by atoms with Crippen LogP contribution in [0.2, 0.25) is 0 Å². The van der Waals surface area contributed by atoms with Crippen LogP contribution in [0.15, 0.2) is 58.3 Å². The lowest BCUT2D eigenvalue weighted by Crippen LogP contribution is -2.51. The second-order valence-electron chi connectivity index (χ2n) is 8.53. The van der Waals surface area contributed by atoms with Crippen molar-refractivity contribution < 1.29 is 14.0 Å². The number of benzene rings is 1. The molecule has 2 aliphatic heterocycles. The Labute approximate surface area is 205 Å². The van der Waals surface area contributed by atoms with E-state index in [1.165, 1.54) is 6.07 Å². The normalized spacial score (nSPS) is 18.9. The number of amides is 2. The number of hydrazone groups is 1. The summed E-state index contributed by atoms with van der Waals surface area (Å²) in [6, 6.07) is 12.6. The van der Waals surface area contributed by atoms with Gasteiger partial charge in [0, 0.05) is 43.0 Å². The fourth-order valence-electron chi connectivity index (χ4n) is 4.32. The van der Waals surface area contributed by atoms with Gasteiger partial charge in [0.05, 0.1) is 23.2 Å². The van der Waals surface area contributed by atoms with Crippen LogP contribution >= 0.6 is 22.7 Å². The minimum absolute atomic E-state index is 0.0367. The smallest absolute Gasteiger partial charge is 0.257 e. The minimum atomic E-state index is -0.372. The Kier molecular flexibility index (Phi) is 6.58. The third-order valence-corrected chi connectivity index (χ3v) is 8.17. The van der Waals surface area contributed by atoms with Gasteiger partial charge in [0.1, 0.15) is 5.82 Å². The van der Waals surface area contributed by atoms with Gasteiger partial charge in [-0.05, 0) is 47.5 Å². The van der Waals surface area contributed by atoms with Crippen molar-refractivity contribution in [1.29, 1.82) is 0 Å². The molecule has 2 aromatic heterocycles.